The minimum atomic E-state index is -6.09. The molecule has 44 heteroatoms. The van der Waals surface area contributed by atoms with Crippen LogP contribution in [0, 0.1) is 40.5 Å². The van der Waals surface area contributed by atoms with E-state index in [0.717, 1.165) is 48.6 Å². The van der Waals surface area contributed by atoms with E-state index in [1.165, 1.54) is 70.7 Å². The number of anilines is 2. The predicted octanol–water partition coefficient (Wildman–Crippen LogP) is 9.27. The van der Waals surface area contributed by atoms with Crippen molar-refractivity contribution in [3.63, 3.8) is 0 Å². The third kappa shape index (κ3) is 18.8. The minimum Gasteiger partial charge on any atom is -0.741 e. The Kier molecular flexibility index (Phi) is 23.9. The van der Waals surface area contributed by atoms with Crippen LogP contribution in [-0.2, 0) is 71.1 Å². The molecule has 0 saturated heterocycles. The summed E-state index contributed by atoms with van der Waals surface area (Å²) in [6, 6.07) is 14.4. The van der Waals surface area contributed by atoms with Crippen molar-refractivity contribution in [3.8, 4) is 0 Å². The van der Waals surface area contributed by atoms with Crippen molar-refractivity contribution in [3.05, 3.63) is 131 Å². The molecule has 82 heavy (non-hydrogen) atoms. The number of fused-ring (bicyclic) bond motifs is 3. The highest BCUT2D eigenvalue weighted by Gasteiger charge is 2.47. The molecule has 0 amide bonds. The van der Waals surface area contributed by atoms with Gasteiger partial charge in [0.2, 0.25) is 11.6 Å². The first-order chi connectivity index (χ1) is 37.0. The maximum Gasteiger partial charge on any atom is 0.523 e. The number of nitrogen functional groups attached to an aromatic ring is 2. The number of nitrogens with two attached hydrogens (primary N) is 2. The number of aromatic nitrogens is 6. The SMILES string of the molecule is CI.COS(=O)(=O)C(F)(F)F.Cn1c(C(F)(F)F)[n+](C)c2ccc([N+](=O)[O-])cc21.Cn1c(C(F)(F)F)nc2cc([N+](=O)[O-])ccc21.Cn1c(C(F)(F)F)nc2ccc([N+](=O)[O-])cc21.Nc1ccc([N+](=O)[O-])cc1N.O=S(=O)([O-])C(F)(F)F. The van der Waals surface area contributed by atoms with Crippen molar-refractivity contribution in [1.29, 1.82) is 0 Å². The van der Waals surface area contributed by atoms with Crippen LogP contribution in [0.2, 0.25) is 0 Å². The second kappa shape index (κ2) is 27.2. The lowest BCUT2D eigenvalue weighted by molar-refractivity contribution is -0.667. The largest absolute Gasteiger partial charge is 0.741 e. The normalized spacial score (nSPS) is 11.8. The molecule has 0 aliphatic heterocycles. The number of hydrogen-bond donors (Lipinski definition) is 2. The highest BCUT2D eigenvalue weighted by Crippen LogP contribution is 2.34. The lowest BCUT2D eigenvalue weighted by atomic mass is 10.2. The number of rotatable bonds is 5. The highest BCUT2D eigenvalue weighted by molar-refractivity contribution is 14.1. The van der Waals surface area contributed by atoms with Gasteiger partial charge in [-0.15, -0.1) is 0 Å². The summed E-state index contributed by atoms with van der Waals surface area (Å²) in [5.74, 6) is -3.01. The first-order valence-electron chi connectivity index (χ1n) is 20.1. The zero-order valence-electron chi connectivity index (χ0n) is 41.1. The first-order valence-corrected chi connectivity index (χ1v) is 25.1. The van der Waals surface area contributed by atoms with Gasteiger partial charge in [0, 0.05) is 56.6 Å². The Bertz CT molecular complexity index is 3690. The molecule has 7 rings (SSSR count). The van der Waals surface area contributed by atoms with Crippen LogP contribution in [0.1, 0.15) is 17.5 Å². The van der Waals surface area contributed by atoms with E-state index < -0.39 is 86.9 Å². The van der Waals surface area contributed by atoms with E-state index in [1.807, 2.05) is 4.93 Å². The Hall–Kier alpha value is -8.01. The number of nitro benzene ring substituents is 4. The molecule has 4 aromatic carbocycles. The summed E-state index contributed by atoms with van der Waals surface area (Å²) >= 11 is 2.15. The van der Waals surface area contributed by atoms with Gasteiger partial charge in [-0.3, -0.25) is 44.6 Å². The first kappa shape index (κ1) is 72.0. The fourth-order valence-electron chi connectivity index (χ4n) is 5.88. The fraction of sp³-hybridized carbons (Fsp3) is 0.289. The molecule has 26 nitrogen and oxygen atoms in total. The molecule has 0 atom stereocenters. The van der Waals surface area contributed by atoms with Crippen LogP contribution in [0.3, 0.4) is 0 Å². The molecule has 3 aromatic heterocycles. The van der Waals surface area contributed by atoms with Crippen LogP contribution in [0.4, 0.5) is 100.0 Å². The van der Waals surface area contributed by atoms with Crippen molar-refractivity contribution < 1.29 is 116 Å². The van der Waals surface area contributed by atoms with Gasteiger partial charge in [-0.25, -0.2) is 27.5 Å². The molecule has 7 aromatic rings. The Labute approximate surface area is 459 Å². The number of benzene rings is 4. The van der Waals surface area contributed by atoms with Crippen molar-refractivity contribution in [2.24, 2.45) is 28.2 Å². The predicted molar refractivity (Wildman–Crippen MR) is 260 cm³/mol. The van der Waals surface area contributed by atoms with Crippen LogP contribution < -0.4 is 16.0 Å². The summed E-state index contributed by atoms with van der Waals surface area (Å²) in [5, 5.41) is 41.8. The number of nitro groups is 4. The molecule has 3 heterocycles. The molecule has 0 saturated carbocycles. The molecular weight excluding hydrogens is 1320 g/mol. The smallest absolute Gasteiger partial charge is 0.523 e. The topological polar surface area (TPSA) is 370 Å². The molecule has 0 radical (unpaired) electrons. The number of non-ortho nitro benzene ring substituents is 4. The van der Waals surface area contributed by atoms with Gasteiger partial charge < -0.3 is 25.2 Å². The van der Waals surface area contributed by atoms with Crippen molar-refractivity contribution in [1.82, 2.24) is 23.7 Å². The summed E-state index contributed by atoms with van der Waals surface area (Å²) in [5.41, 5.74) is 0.226. The van der Waals surface area contributed by atoms with Gasteiger partial charge in [0.15, 0.2) is 21.2 Å². The number of aryl methyl sites for hydroxylation is 4. The summed E-state index contributed by atoms with van der Waals surface area (Å²) < 4.78 is 232. The Morgan fingerprint density at radius 1 is 0.524 bits per heavy atom. The van der Waals surface area contributed by atoms with Crippen LogP contribution in [-0.4, -0.2) is 87.8 Å². The van der Waals surface area contributed by atoms with E-state index >= 15 is 0 Å². The number of imidazole rings is 3. The van der Waals surface area contributed by atoms with Crippen molar-refractivity contribution in [2.45, 2.75) is 29.5 Å². The second-order valence-electron chi connectivity index (χ2n) is 14.8. The molecule has 0 fully saturated rings. The molecule has 0 unspecified atom stereocenters. The Balaban J connectivity index is 0.000000501. The molecular formula is C38H34F15IN12O14S2. The van der Waals surface area contributed by atoms with E-state index in [4.69, 9.17) is 24.4 Å². The van der Waals surface area contributed by atoms with Crippen molar-refractivity contribution >= 4 is 110 Å². The number of nitrogens with zero attached hydrogens (tertiary/aromatic N) is 10. The van der Waals surface area contributed by atoms with Gasteiger partial charge in [-0.1, -0.05) is 22.6 Å². The highest BCUT2D eigenvalue weighted by atomic mass is 127. The molecule has 4 N–H and O–H groups in total. The minimum absolute atomic E-state index is 0.0447. The molecule has 0 aliphatic rings. The van der Waals surface area contributed by atoms with E-state index in [1.54, 1.807) is 0 Å². The van der Waals surface area contributed by atoms with Gasteiger partial charge in [0.25, 0.3) is 22.7 Å². The lowest BCUT2D eigenvalue weighted by Gasteiger charge is -2.08. The van der Waals surface area contributed by atoms with Gasteiger partial charge in [-0.2, -0.15) is 74.3 Å². The van der Waals surface area contributed by atoms with E-state index in [9.17, 15) is 115 Å². The average Bonchev–Trinajstić information content (AvgIpc) is 3.96. The fourth-order valence-corrected chi connectivity index (χ4v) is 6.07. The van der Waals surface area contributed by atoms with Crippen LogP contribution in [0.5, 0.6) is 0 Å². The van der Waals surface area contributed by atoms with Gasteiger partial charge in [0.1, 0.15) is 0 Å². The monoisotopic (exact) mass is 1360 g/mol. The van der Waals surface area contributed by atoms with E-state index in [0.29, 0.717) is 12.8 Å². The standard InChI is InChI=1S/C10H9F3N3O2.2C9H6F3N3O2.C6H7N3O2.C2H3F3O3S.CHF3O3S.CH3I/c1-14-7-4-3-6(16(17)18)5-8(7)15(2)9(14)10(11,12)13;1-14-7-3-2-5(15(16)17)4-6(7)13-8(14)9(10,11)12;1-14-7-4-5(15(16)17)2-3-6(7)13-8(14)9(10,11)12;7-5-2-1-4(9(10)11)3-6(5)8;1-8-9(6,7)2(3,4)5;2-1(3,4)8(5,6)7;1-2/h3-5H,1-2H3;2*2-4H,1H3;1-3H,7-8H2;1H3;(H,5,6,7);1H3/q+1;;;;;;/p-1. The molecule has 0 spiro atoms. The van der Waals surface area contributed by atoms with Crippen molar-refractivity contribution in [2.75, 3.05) is 23.5 Å². The summed E-state index contributed by atoms with van der Waals surface area (Å²) in [6.45, 7) is 0. The third-order valence-corrected chi connectivity index (χ3v) is 11.1. The average molecular weight is 1360 g/mol. The van der Waals surface area contributed by atoms with E-state index in [-0.39, 0.29) is 61.5 Å². The summed E-state index contributed by atoms with van der Waals surface area (Å²) in [4.78, 5) is 48.0. The lowest BCUT2D eigenvalue weighted by Crippen LogP contribution is -2.37. The number of alkyl halides is 16. The maximum atomic E-state index is 12.8. The van der Waals surface area contributed by atoms with Crippen LogP contribution in [0.15, 0.2) is 72.8 Å². The summed E-state index contributed by atoms with van der Waals surface area (Å²) in [7, 11) is -6.09. The van der Waals surface area contributed by atoms with Gasteiger partial charge in [0.05, 0.1) is 80.4 Å². The molecule has 0 bridgehead atoms. The maximum absolute atomic E-state index is 12.8. The Morgan fingerprint density at radius 3 is 1.26 bits per heavy atom. The number of hydrogen-bond acceptors (Lipinski definition) is 18. The Morgan fingerprint density at radius 2 is 0.890 bits per heavy atom. The zero-order valence-corrected chi connectivity index (χ0v) is 44.9. The van der Waals surface area contributed by atoms with Crippen LogP contribution >= 0.6 is 22.6 Å². The van der Waals surface area contributed by atoms with Gasteiger partial charge >= 0.3 is 45.5 Å². The van der Waals surface area contributed by atoms with Gasteiger partial charge in [-0.05, 0) is 29.2 Å². The van der Waals surface area contributed by atoms with Crippen LogP contribution in [0.25, 0.3) is 33.1 Å². The second-order valence-corrected chi connectivity index (χ2v) is 17.8. The third-order valence-electron chi connectivity index (χ3n) is 9.51. The summed E-state index contributed by atoms with van der Waals surface area (Å²) in [6.07, 6.45) is -13.7. The number of halogens is 16. The molecule has 0 aliphatic carbocycles. The quantitative estimate of drug-likeness (QED) is 0.0155. The van der Waals surface area contributed by atoms with E-state index in [2.05, 4.69) is 36.7 Å². The molecule has 454 valence electrons. The zero-order chi connectivity index (χ0) is 64.4.